The van der Waals surface area contributed by atoms with Gasteiger partial charge in [-0.2, -0.15) is 5.06 Å². The largest absolute Gasteiger partial charge is 0.450 e. The Balaban J connectivity index is 2.70. The van der Waals surface area contributed by atoms with Crippen molar-refractivity contribution in [1.29, 1.82) is 0 Å². The maximum Gasteiger partial charge on any atom is 0.188 e. The molecular formula is C7H10BrNO3. The van der Waals surface area contributed by atoms with Gasteiger partial charge in [0.05, 0.1) is 7.11 Å². The Hall–Kier alpha value is -0.360. The molecule has 5 heteroatoms. The van der Waals surface area contributed by atoms with Crippen LogP contribution in [0, 0.1) is 0 Å². The molecule has 1 atom stereocenters. The number of furan rings is 1. The van der Waals surface area contributed by atoms with Crippen molar-refractivity contribution in [2.45, 2.75) is 6.23 Å². The molecule has 0 amide bonds. The average molecular weight is 236 g/mol. The Morgan fingerprint density at radius 2 is 2.33 bits per heavy atom. The van der Waals surface area contributed by atoms with Gasteiger partial charge >= 0.3 is 0 Å². The first-order valence-electron chi connectivity index (χ1n) is 3.35. The number of hydroxylamine groups is 2. The molecule has 1 unspecified atom stereocenters. The summed E-state index contributed by atoms with van der Waals surface area (Å²) in [5.41, 5.74) is 0. The van der Waals surface area contributed by atoms with E-state index in [0.717, 1.165) is 0 Å². The van der Waals surface area contributed by atoms with Gasteiger partial charge in [0.25, 0.3) is 0 Å². The fraction of sp³-hybridized carbons (Fsp3) is 0.429. The number of hydrogen-bond donors (Lipinski definition) is 1. The van der Waals surface area contributed by atoms with Crippen LogP contribution in [0.1, 0.15) is 12.0 Å². The number of aliphatic hydroxyl groups is 1. The minimum absolute atomic E-state index is 0.436. The monoisotopic (exact) mass is 235 g/mol. The maximum absolute atomic E-state index is 9.49. The lowest BCUT2D eigenvalue weighted by Gasteiger charge is -2.18. The fourth-order valence-electron chi connectivity index (χ4n) is 0.746. The van der Waals surface area contributed by atoms with Gasteiger partial charge in [-0.05, 0) is 28.1 Å². The van der Waals surface area contributed by atoms with Gasteiger partial charge in [-0.25, -0.2) is 0 Å². The summed E-state index contributed by atoms with van der Waals surface area (Å²) in [6, 6.07) is 3.38. The van der Waals surface area contributed by atoms with Gasteiger partial charge in [-0.15, -0.1) is 0 Å². The van der Waals surface area contributed by atoms with E-state index >= 15 is 0 Å². The predicted octanol–water partition coefficient (Wildman–Crippen LogP) is 1.53. The number of nitrogens with zero attached hydrogens (tertiary/aromatic N) is 1. The second kappa shape index (κ2) is 4.04. The Labute approximate surface area is 78.8 Å². The highest BCUT2D eigenvalue weighted by Gasteiger charge is 2.16. The van der Waals surface area contributed by atoms with Crippen molar-refractivity contribution in [3.63, 3.8) is 0 Å². The molecular weight excluding hydrogens is 226 g/mol. The van der Waals surface area contributed by atoms with E-state index in [0.29, 0.717) is 10.4 Å². The highest BCUT2D eigenvalue weighted by Crippen LogP contribution is 2.21. The van der Waals surface area contributed by atoms with Crippen LogP contribution in [0.25, 0.3) is 0 Å². The number of rotatable bonds is 3. The summed E-state index contributed by atoms with van der Waals surface area (Å²) in [5.74, 6) is 0.436. The third-order valence-corrected chi connectivity index (χ3v) is 1.91. The summed E-state index contributed by atoms with van der Waals surface area (Å²) in [6.07, 6.45) is -0.874. The van der Waals surface area contributed by atoms with Crippen molar-refractivity contribution in [2.75, 3.05) is 14.2 Å². The van der Waals surface area contributed by atoms with Crippen molar-refractivity contribution in [1.82, 2.24) is 5.06 Å². The van der Waals surface area contributed by atoms with E-state index in [9.17, 15) is 5.11 Å². The van der Waals surface area contributed by atoms with E-state index in [2.05, 4.69) is 15.9 Å². The van der Waals surface area contributed by atoms with Gasteiger partial charge in [-0.3, -0.25) is 4.84 Å². The fourth-order valence-corrected chi connectivity index (χ4v) is 1.07. The maximum atomic E-state index is 9.49. The van der Waals surface area contributed by atoms with Crippen molar-refractivity contribution >= 4 is 15.9 Å². The summed E-state index contributed by atoms with van der Waals surface area (Å²) in [7, 11) is 3.09. The zero-order valence-corrected chi connectivity index (χ0v) is 8.41. The summed E-state index contributed by atoms with van der Waals surface area (Å²) < 4.78 is 5.70. The standard InChI is InChI=1S/C7H10BrNO3/c1-9(11-2)7(10)5-3-4-6(8)12-5/h3-4,7,10H,1-2H3. The lowest BCUT2D eigenvalue weighted by Crippen LogP contribution is -2.22. The minimum atomic E-state index is -0.874. The van der Waals surface area contributed by atoms with Crippen LogP contribution in [0.5, 0.6) is 0 Å². The first kappa shape index (κ1) is 9.73. The lowest BCUT2D eigenvalue weighted by atomic mass is 10.4. The molecule has 0 saturated heterocycles. The lowest BCUT2D eigenvalue weighted by molar-refractivity contribution is -0.211. The zero-order valence-electron chi connectivity index (χ0n) is 6.82. The van der Waals surface area contributed by atoms with Crippen LogP contribution in [0.15, 0.2) is 21.2 Å². The normalized spacial score (nSPS) is 13.8. The van der Waals surface area contributed by atoms with Gasteiger partial charge in [0.15, 0.2) is 16.7 Å². The number of aliphatic hydroxyl groups excluding tert-OH is 1. The SMILES string of the molecule is CON(C)C(O)c1ccc(Br)o1. The molecule has 1 aromatic rings. The highest BCUT2D eigenvalue weighted by atomic mass is 79.9. The van der Waals surface area contributed by atoms with E-state index in [1.54, 1.807) is 19.2 Å². The van der Waals surface area contributed by atoms with Gasteiger partial charge < -0.3 is 9.52 Å². The molecule has 0 aliphatic heterocycles. The molecule has 68 valence electrons. The van der Waals surface area contributed by atoms with Crippen molar-refractivity contribution < 1.29 is 14.4 Å². The van der Waals surface area contributed by atoms with Crippen LogP contribution in [0.2, 0.25) is 0 Å². The average Bonchev–Trinajstić information content (AvgIpc) is 2.49. The molecule has 1 N–H and O–H groups in total. The quantitative estimate of drug-likeness (QED) is 0.638. The number of halogens is 1. The van der Waals surface area contributed by atoms with Crippen LogP contribution in [0.3, 0.4) is 0 Å². The highest BCUT2D eigenvalue weighted by molar-refractivity contribution is 9.10. The summed E-state index contributed by atoms with van der Waals surface area (Å²) >= 11 is 3.13. The third kappa shape index (κ3) is 2.07. The second-order valence-corrected chi connectivity index (χ2v) is 3.03. The Morgan fingerprint density at radius 1 is 1.67 bits per heavy atom. The molecule has 0 fully saturated rings. The van der Waals surface area contributed by atoms with E-state index in [-0.39, 0.29) is 0 Å². The zero-order chi connectivity index (χ0) is 9.14. The minimum Gasteiger partial charge on any atom is -0.450 e. The van der Waals surface area contributed by atoms with E-state index in [4.69, 9.17) is 9.25 Å². The summed E-state index contributed by atoms with van der Waals surface area (Å²) in [4.78, 5) is 4.78. The Bertz CT molecular complexity index is 251. The summed E-state index contributed by atoms with van der Waals surface area (Å²) in [6.45, 7) is 0. The second-order valence-electron chi connectivity index (χ2n) is 2.24. The molecule has 1 heterocycles. The van der Waals surface area contributed by atoms with Gasteiger partial charge in [0.2, 0.25) is 0 Å². The number of hydrogen-bond acceptors (Lipinski definition) is 4. The molecule has 0 bridgehead atoms. The van der Waals surface area contributed by atoms with Crippen LogP contribution >= 0.6 is 15.9 Å². The first-order valence-corrected chi connectivity index (χ1v) is 4.14. The molecule has 12 heavy (non-hydrogen) atoms. The van der Waals surface area contributed by atoms with Gasteiger partial charge in [0.1, 0.15) is 0 Å². The first-order chi connectivity index (χ1) is 5.65. The molecule has 4 nitrogen and oxygen atoms in total. The Kier molecular flexibility index (Phi) is 3.28. The smallest absolute Gasteiger partial charge is 0.188 e. The molecule has 0 saturated carbocycles. The molecule has 0 aliphatic rings. The predicted molar refractivity (Wildman–Crippen MR) is 46.1 cm³/mol. The van der Waals surface area contributed by atoms with E-state index in [1.165, 1.54) is 12.2 Å². The van der Waals surface area contributed by atoms with E-state index < -0.39 is 6.23 Å². The van der Waals surface area contributed by atoms with E-state index in [1.807, 2.05) is 0 Å². The molecule has 1 aromatic heterocycles. The van der Waals surface area contributed by atoms with Crippen LogP contribution in [-0.4, -0.2) is 24.3 Å². The van der Waals surface area contributed by atoms with Crippen LogP contribution < -0.4 is 0 Å². The van der Waals surface area contributed by atoms with Crippen LogP contribution in [-0.2, 0) is 4.84 Å². The van der Waals surface area contributed by atoms with Crippen molar-refractivity contribution in [3.05, 3.63) is 22.6 Å². The molecule has 0 aromatic carbocycles. The third-order valence-electron chi connectivity index (χ3n) is 1.48. The van der Waals surface area contributed by atoms with Crippen molar-refractivity contribution in [2.24, 2.45) is 0 Å². The molecule has 0 spiro atoms. The van der Waals surface area contributed by atoms with Crippen molar-refractivity contribution in [3.8, 4) is 0 Å². The topological polar surface area (TPSA) is 45.8 Å². The molecule has 0 aliphatic carbocycles. The molecule has 1 rings (SSSR count). The van der Waals surface area contributed by atoms with Gasteiger partial charge in [-0.1, -0.05) is 0 Å². The van der Waals surface area contributed by atoms with Crippen LogP contribution in [0.4, 0.5) is 0 Å². The summed E-state index contributed by atoms with van der Waals surface area (Å²) in [5, 5.41) is 10.8. The molecule has 0 radical (unpaired) electrons. The van der Waals surface area contributed by atoms with Gasteiger partial charge in [0, 0.05) is 7.05 Å². The Morgan fingerprint density at radius 3 is 2.75 bits per heavy atom.